The number of anilines is 1. The molecule has 0 bridgehead atoms. The number of aryl methyl sites for hydroxylation is 3. The van der Waals surface area contributed by atoms with Crippen LogP contribution in [-0.4, -0.2) is 11.7 Å². The third-order valence-electron chi connectivity index (χ3n) is 4.04. The van der Waals surface area contributed by atoms with Crippen molar-refractivity contribution in [3.63, 3.8) is 0 Å². The van der Waals surface area contributed by atoms with Gasteiger partial charge in [0.25, 0.3) is 0 Å². The lowest BCUT2D eigenvalue weighted by molar-refractivity contribution is -0.113. The minimum atomic E-state index is 0.0458. The Balaban J connectivity index is 2.04. The SMILES string of the molecule is Cc1ccc(SCC(=O)Nc2c(C)cccc2C(C)C)cc1C. The van der Waals surface area contributed by atoms with Crippen molar-refractivity contribution in [2.24, 2.45) is 0 Å². The molecule has 122 valence electrons. The minimum absolute atomic E-state index is 0.0458. The number of para-hydroxylation sites is 1. The highest BCUT2D eigenvalue weighted by Gasteiger charge is 2.12. The Hall–Kier alpha value is -1.74. The Morgan fingerprint density at radius 1 is 1.04 bits per heavy atom. The van der Waals surface area contributed by atoms with E-state index in [-0.39, 0.29) is 5.91 Å². The number of carbonyl (C=O) groups excluding carboxylic acids is 1. The van der Waals surface area contributed by atoms with Gasteiger partial charge in [0.2, 0.25) is 5.91 Å². The second-order valence-corrected chi connectivity index (χ2v) is 7.33. The zero-order chi connectivity index (χ0) is 17.0. The van der Waals surface area contributed by atoms with E-state index < -0.39 is 0 Å². The summed E-state index contributed by atoms with van der Waals surface area (Å²) in [5.41, 5.74) is 5.81. The van der Waals surface area contributed by atoms with Crippen LogP contribution in [0.15, 0.2) is 41.3 Å². The number of carbonyl (C=O) groups is 1. The molecule has 0 aliphatic carbocycles. The lowest BCUT2D eigenvalue weighted by atomic mass is 9.98. The van der Waals surface area contributed by atoms with Gasteiger partial charge >= 0.3 is 0 Å². The lowest BCUT2D eigenvalue weighted by Crippen LogP contribution is -2.16. The predicted octanol–water partition coefficient (Wildman–Crippen LogP) is 5.47. The largest absolute Gasteiger partial charge is 0.325 e. The smallest absolute Gasteiger partial charge is 0.234 e. The Morgan fingerprint density at radius 3 is 2.43 bits per heavy atom. The predicted molar refractivity (Wildman–Crippen MR) is 101 cm³/mol. The highest BCUT2D eigenvalue weighted by molar-refractivity contribution is 8.00. The van der Waals surface area contributed by atoms with E-state index in [0.717, 1.165) is 16.1 Å². The van der Waals surface area contributed by atoms with Crippen LogP contribution in [0.25, 0.3) is 0 Å². The van der Waals surface area contributed by atoms with Gasteiger partial charge in [-0.25, -0.2) is 0 Å². The highest BCUT2D eigenvalue weighted by Crippen LogP contribution is 2.28. The van der Waals surface area contributed by atoms with Gasteiger partial charge in [-0.2, -0.15) is 0 Å². The van der Waals surface area contributed by atoms with E-state index in [9.17, 15) is 4.79 Å². The van der Waals surface area contributed by atoms with Gasteiger partial charge in [-0.1, -0.05) is 38.1 Å². The second-order valence-electron chi connectivity index (χ2n) is 6.28. The van der Waals surface area contributed by atoms with Gasteiger partial charge < -0.3 is 5.32 Å². The molecule has 2 nitrogen and oxygen atoms in total. The fraction of sp³-hybridized carbons (Fsp3) is 0.350. The monoisotopic (exact) mass is 327 g/mol. The van der Waals surface area contributed by atoms with Crippen LogP contribution < -0.4 is 5.32 Å². The van der Waals surface area contributed by atoms with Gasteiger partial charge in [-0.05, 0) is 61.1 Å². The Kier molecular flexibility index (Phi) is 5.89. The van der Waals surface area contributed by atoms with E-state index in [4.69, 9.17) is 0 Å². The average molecular weight is 327 g/mol. The topological polar surface area (TPSA) is 29.1 Å². The molecule has 0 unspecified atom stereocenters. The zero-order valence-electron chi connectivity index (χ0n) is 14.6. The summed E-state index contributed by atoms with van der Waals surface area (Å²) in [5.74, 6) is 0.857. The van der Waals surface area contributed by atoms with Crippen LogP contribution in [0.5, 0.6) is 0 Å². The first kappa shape index (κ1) is 17.6. The molecule has 0 aliphatic heterocycles. The van der Waals surface area contributed by atoms with Gasteiger partial charge in [0.1, 0.15) is 0 Å². The fourth-order valence-electron chi connectivity index (χ4n) is 2.47. The third kappa shape index (κ3) is 4.61. The molecule has 2 rings (SSSR count). The van der Waals surface area contributed by atoms with Crippen LogP contribution in [0.2, 0.25) is 0 Å². The van der Waals surface area contributed by atoms with Gasteiger partial charge in [0, 0.05) is 10.6 Å². The summed E-state index contributed by atoms with van der Waals surface area (Å²) in [7, 11) is 0. The Labute approximate surface area is 143 Å². The van der Waals surface area contributed by atoms with Crippen LogP contribution in [-0.2, 0) is 4.79 Å². The van der Waals surface area contributed by atoms with E-state index in [1.54, 1.807) is 11.8 Å². The molecule has 2 aromatic rings. The summed E-state index contributed by atoms with van der Waals surface area (Å²) < 4.78 is 0. The maximum absolute atomic E-state index is 12.3. The molecule has 23 heavy (non-hydrogen) atoms. The normalized spacial score (nSPS) is 10.9. The molecule has 0 atom stereocenters. The molecular weight excluding hydrogens is 302 g/mol. The van der Waals surface area contributed by atoms with Crippen molar-refractivity contribution < 1.29 is 4.79 Å². The number of thioether (sulfide) groups is 1. The van der Waals surface area contributed by atoms with Crippen LogP contribution in [0.4, 0.5) is 5.69 Å². The molecule has 0 fully saturated rings. The second kappa shape index (κ2) is 7.69. The molecule has 0 saturated carbocycles. The molecule has 0 heterocycles. The summed E-state index contributed by atoms with van der Waals surface area (Å²) in [5, 5.41) is 3.10. The first-order valence-electron chi connectivity index (χ1n) is 7.98. The number of rotatable bonds is 5. The van der Waals surface area contributed by atoms with Crippen molar-refractivity contribution in [2.45, 2.75) is 45.4 Å². The molecule has 0 radical (unpaired) electrons. The summed E-state index contributed by atoms with van der Waals surface area (Å²) in [4.78, 5) is 13.5. The van der Waals surface area contributed by atoms with Crippen molar-refractivity contribution in [3.8, 4) is 0 Å². The van der Waals surface area contributed by atoms with E-state index in [0.29, 0.717) is 11.7 Å². The average Bonchev–Trinajstić information content (AvgIpc) is 2.50. The molecule has 0 saturated heterocycles. The zero-order valence-corrected chi connectivity index (χ0v) is 15.4. The van der Waals surface area contributed by atoms with Crippen LogP contribution in [0.3, 0.4) is 0 Å². The lowest BCUT2D eigenvalue weighted by Gasteiger charge is -2.16. The molecule has 0 spiro atoms. The first-order valence-corrected chi connectivity index (χ1v) is 8.96. The fourth-order valence-corrected chi connectivity index (χ4v) is 3.26. The summed E-state index contributed by atoms with van der Waals surface area (Å²) in [6, 6.07) is 12.5. The molecule has 3 heteroatoms. The number of benzene rings is 2. The molecule has 1 N–H and O–H groups in total. The van der Waals surface area contributed by atoms with E-state index >= 15 is 0 Å². The molecule has 0 aliphatic rings. The van der Waals surface area contributed by atoms with Crippen molar-refractivity contribution in [1.29, 1.82) is 0 Å². The van der Waals surface area contributed by atoms with Crippen molar-refractivity contribution >= 4 is 23.4 Å². The van der Waals surface area contributed by atoms with Crippen molar-refractivity contribution in [2.75, 3.05) is 11.1 Å². The maximum atomic E-state index is 12.3. The first-order chi connectivity index (χ1) is 10.9. The van der Waals surface area contributed by atoms with Crippen LogP contribution >= 0.6 is 11.8 Å². The van der Waals surface area contributed by atoms with Crippen LogP contribution in [0.1, 0.15) is 42.0 Å². The summed E-state index contributed by atoms with van der Waals surface area (Å²) in [6.07, 6.45) is 0. The molecule has 1 amide bonds. The quantitative estimate of drug-likeness (QED) is 0.738. The van der Waals surface area contributed by atoms with Gasteiger partial charge in [-0.15, -0.1) is 11.8 Å². The van der Waals surface area contributed by atoms with E-state index in [1.165, 1.54) is 16.7 Å². The summed E-state index contributed by atoms with van der Waals surface area (Å²) >= 11 is 1.58. The molecule has 2 aromatic carbocycles. The summed E-state index contributed by atoms with van der Waals surface area (Å²) in [6.45, 7) is 10.5. The standard InChI is InChI=1S/C20H25NOS/c1-13(2)18-8-6-7-15(4)20(18)21-19(22)12-23-17-10-9-14(3)16(5)11-17/h6-11,13H,12H2,1-5H3,(H,21,22). The number of nitrogens with one attached hydrogen (secondary N) is 1. The van der Waals surface area contributed by atoms with Crippen molar-refractivity contribution in [1.82, 2.24) is 0 Å². The maximum Gasteiger partial charge on any atom is 0.234 e. The van der Waals surface area contributed by atoms with E-state index in [2.05, 4.69) is 57.3 Å². The number of hydrogen-bond acceptors (Lipinski definition) is 2. The number of amides is 1. The molecule has 0 aromatic heterocycles. The third-order valence-corrected chi connectivity index (χ3v) is 5.03. The van der Waals surface area contributed by atoms with Gasteiger partial charge in [0.15, 0.2) is 0 Å². The number of hydrogen-bond donors (Lipinski definition) is 1. The van der Waals surface area contributed by atoms with Gasteiger partial charge in [0.05, 0.1) is 5.75 Å². The Morgan fingerprint density at radius 2 is 1.78 bits per heavy atom. The highest BCUT2D eigenvalue weighted by atomic mass is 32.2. The van der Waals surface area contributed by atoms with Crippen LogP contribution in [0, 0.1) is 20.8 Å². The Bertz CT molecular complexity index is 707. The minimum Gasteiger partial charge on any atom is -0.325 e. The van der Waals surface area contributed by atoms with E-state index in [1.807, 2.05) is 19.1 Å². The van der Waals surface area contributed by atoms with Crippen molar-refractivity contribution in [3.05, 3.63) is 58.7 Å². The molecular formula is C20H25NOS. The van der Waals surface area contributed by atoms with Gasteiger partial charge in [-0.3, -0.25) is 4.79 Å².